The number of hydrogen-bond acceptors (Lipinski definition) is 3. The highest BCUT2D eigenvalue weighted by atomic mass is 35.5. The molecule has 2 aromatic rings. The van der Waals surface area contributed by atoms with Crippen molar-refractivity contribution in [2.24, 2.45) is 0 Å². The van der Waals surface area contributed by atoms with Gasteiger partial charge in [0.25, 0.3) is 11.8 Å². The van der Waals surface area contributed by atoms with E-state index in [-0.39, 0.29) is 20.6 Å². The smallest absolute Gasteiger partial charge is 0.267 e. The van der Waals surface area contributed by atoms with E-state index in [0.29, 0.717) is 5.56 Å². The number of aromatic nitrogens is 1. The molecule has 1 heterocycles. The fourth-order valence-corrected chi connectivity index (χ4v) is 2.18. The van der Waals surface area contributed by atoms with Gasteiger partial charge in [0.15, 0.2) is 0 Å². The third kappa shape index (κ3) is 3.64. The Labute approximate surface area is 135 Å². The SMILES string of the molecule is O=C(NNC(=O)c1c(Cl)ccc(Cl)c1Cl)c1cccnc1. The normalized spacial score (nSPS) is 10.0. The number of nitrogens with zero attached hydrogens (tertiary/aromatic N) is 1. The first kappa shape index (κ1) is 15.6. The summed E-state index contributed by atoms with van der Waals surface area (Å²) in [6, 6.07) is 6.06. The Morgan fingerprint density at radius 2 is 1.62 bits per heavy atom. The second-order valence-corrected chi connectivity index (χ2v) is 5.06. The van der Waals surface area contributed by atoms with E-state index < -0.39 is 11.8 Å². The molecule has 8 heteroatoms. The Morgan fingerprint density at radius 1 is 0.952 bits per heavy atom. The van der Waals surface area contributed by atoms with Gasteiger partial charge in [-0.2, -0.15) is 0 Å². The molecule has 0 radical (unpaired) electrons. The zero-order chi connectivity index (χ0) is 15.4. The molecule has 0 bridgehead atoms. The van der Waals surface area contributed by atoms with Gasteiger partial charge in [0, 0.05) is 12.4 Å². The first-order valence-electron chi connectivity index (χ1n) is 5.65. The average Bonchev–Trinajstić information content (AvgIpc) is 2.50. The van der Waals surface area contributed by atoms with Crippen LogP contribution >= 0.6 is 34.8 Å². The minimum absolute atomic E-state index is 0.0114. The highest BCUT2D eigenvalue weighted by molar-refractivity contribution is 6.46. The van der Waals surface area contributed by atoms with Crippen LogP contribution in [0.1, 0.15) is 20.7 Å². The molecule has 1 aromatic carbocycles. The van der Waals surface area contributed by atoms with Gasteiger partial charge < -0.3 is 0 Å². The zero-order valence-electron chi connectivity index (χ0n) is 10.4. The lowest BCUT2D eigenvalue weighted by Crippen LogP contribution is -2.41. The summed E-state index contributed by atoms with van der Waals surface area (Å²) in [6.07, 6.45) is 2.89. The molecular weight excluding hydrogens is 337 g/mol. The standard InChI is InChI=1S/C13H8Cl3N3O2/c14-8-3-4-9(15)11(16)10(8)13(21)19-18-12(20)7-2-1-5-17-6-7/h1-6H,(H,18,20)(H,19,21). The molecular formula is C13H8Cl3N3O2. The molecule has 1 aromatic heterocycles. The molecule has 0 aliphatic rings. The number of pyridine rings is 1. The van der Waals surface area contributed by atoms with Crippen molar-refractivity contribution in [1.29, 1.82) is 0 Å². The number of carbonyl (C=O) groups excluding carboxylic acids is 2. The summed E-state index contributed by atoms with van der Waals surface area (Å²) in [5.74, 6) is -1.20. The molecule has 0 unspecified atom stereocenters. The number of carbonyl (C=O) groups is 2. The summed E-state index contributed by atoms with van der Waals surface area (Å²) in [4.78, 5) is 27.6. The molecule has 0 saturated heterocycles. The van der Waals surface area contributed by atoms with Gasteiger partial charge in [-0.15, -0.1) is 0 Å². The van der Waals surface area contributed by atoms with Crippen molar-refractivity contribution < 1.29 is 9.59 Å². The third-order valence-electron chi connectivity index (χ3n) is 2.48. The Balaban J connectivity index is 2.10. The van der Waals surface area contributed by atoms with Crippen LogP contribution in [0.4, 0.5) is 0 Å². The zero-order valence-corrected chi connectivity index (χ0v) is 12.6. The second kappa shape index (κ2) is 6.76. The summed E-state index contributed by atoms with van der Waals surface area (Å²) >= 11 is 17.7. The first-order valence-corrected chi connectivity index (χ1v) is 6.78. The van der Waals surface area contributed by atoms with Crippen LogP contribution in [0.2, 0.25) is 15.1 Å². The van der Waals surface area contributed by atoms with Gasteiger partial charge in [0.2, 0.25) is 0 Å². The molecule has 0 aliphatic carbocycles. The van der Waals surface area contributed by atoms with E-state index >= 15 is 0 Å². The van der Waals surface area contributed by atoms with E-state index in [4.69, 9.17) is 34.8 Å². The number of hydrogen-bond donors (Lipinski definition) is 2. The molecule has 0 aliphatic heterocycles. The van der Waals surface area contributed by atoms with Gasteiger partial charge in [-0.1, -0.05) is 34.8 Å². The summed E-state index contributed by atoms with van der Waals surface area (Å²) < 4.78 is 0. The predicted octanol–water partition coefficient (Wildman–Crippen LogP) is 3.12. The van der Waals surface area contributed by atoms with Crippen LogP contribution in [0, 0.1) is 0 Å². The molecule has 2 amide bonds. The van der Waals surface area contributed by atoms with E-state index in [1.54, 1.807) is 12.1 Å². The topological polar surface area (TPSA) is 71.1 Å². The number of amides is 2. The van der Waals surface area contributed by atoms with Gasteiger partial charge >= 0.3 is 0 Å². The van der Waals surface area contributed by atoms with E-state index in [1.165, 1.54) is 24.5 Å². The maximum atomic E-state index is 12.0. The van der Waals surface area contributed by atoms with Crippen molar-refractivity contribution in [3.63, 3.8) is 0 Å². The molecule has 0 atom stereocenters. The van der Waals surface area contributed by atoms with Crippen LogP contribution in [-0.2, 0) is 0 Å². The van der Waals surface area contributed by atoms with Crippen molar-refractivity contribution in [2.45, 2.75) is 0 Å². The number of rotatable bonds is 2. The lowest BCUT2D eigenvalue weighted by atomic mass is 10.2. The Kier molecular flexibility index (Phi) is 5.01. The van der Waals surface area contributed by atoms with Crippen LogP contribution in [-0.4, -0.2) is 16.8 Å². The Bertz CT molecular complexity index is 693. The second-order valence-electron chi connectivity index (χ2n) is 3.87. The van der Waals surface area contributed by atoms with Gasteiger partial charge in [0.1, 0.15) is 0 Å². The predicted molar refractivity (Wildman–Crippen MR) is 80.6 cm³/mol. The number of nitrogens with one attached hydrogen (secondary N) is 2. The van der Waals surface area contributed by atoms with Crippen LogP contribution in [0.15, 0.2) is 36.7 Å². The summed E-state index contributed by atoms with van der Waals surface area (Å²) in [5, 5.41) is 0.319. The van der Waals surface area contributed by atoms with Crippen LogP contribution in [0.5, 0.6) is 0 Å². The van der Waals surface area contributed by atoms with Crippen molar-refractivity contribution in [3.05, 3.63) is 62.9 Å². The Hall–Kier alpha value is -1.82. The van der Waals surface area contributed by atoms with Gasteiger partial charge in [-0.05, 0) is 24.3 Å². The van der Waals surface area contributed by atoms with Crippen LogP contribution < -0.4 is 10.9 Å². The van der Waals surface area contributed by atoms with E-state index in [2.05, 4.69) is 15.8 Å². The largest absolute Gasteiger partial charge is 0.272 e. The number of hydrazine groups is 1. The van der Waals surface area contributed by atoms with Crippen molar-refractivity contribution in [3.8, 4) is 0 Å². The molecule has 5 nitrogen and oxygen atoms in total. The Morgan fingerprint density at radius 3 is 2.29 bits per heavy atom. The maximum Gasteiger partial charge on any atom is 0.272 e. The van der Waals surface area contributed by atoms with E-state index in [0.717, 1.165) is 0 Å². The molecule has 2 rings (SSSR count). The van der Waals surface area contributed by atoms with Gasteiger partial charge in [0.05, 0.1) is 26.2 Å². The minimum Gasteiger partial charge on any atom is -0.267 e. The van der Waals surface area contributed by atoms with Crippen molar-refractivity contribution in [1.82, 2.24) is 15.8 Å². The number of halogens is 3. The molecule has 0 fully saturated rings. The third-order valence-corrected chi connectivity index (χ3v) is 3.60. The maximum absolute atomic E-state index is 12.0. The van der Waals surface area contributed by atoms with Crippen LogP contribution in [0.3, 0.4) is 0 Å². The summed E-state index contributed by atoms with van der Waals surface area (Å²) in [7, 11) is 0. The molecule has 0 spiro atoms. The quantitative estimate of drug-likeness (QED) is 0.649. The summed E-state index contributed by atoms with van der Waals surface area (Å²) in [6.45, 7) is 0. The van der Waals surface area contributed by atoms with Crippen molar-refractivity contribution in [2.75, 3.05) is 0 Å². The molecule has 108 valence electrons. The van der Waals surface area contributed by atoms with E-state index in [9.17, 15) is 9.59 Å². The molecule has 2 N–H and O–H groups in total. The van der Waals surface area contributed by atoms with Gasteiger partial charge in [-0.3, -0.25) is 25.4 Å². The van der Waals surface area contributed by atoms with Crippen LogP contribution in [0.25, 0.3) is 0 Å². The van der Waals surface area contributed by atoms with Gasteiger partial charge in [-0.25, -0.2) is 0 Å². The first-order chi connectivity index (χ1) is 10.0. The highest BCUT2D eigenvalue weighted by Crippen LogP contribution is 2.31. The fraction of sp³-hybridized carbons (Fsp3) is 0. The number of benzene rings is 1. The van der Waals surface area contributed by atoms with E-state index in [1.807, 2.05) is 0 Å². The molecule has 0 saturated carbocycles. The highest BCUT2D eigenvalue weighted by Gasteiger charge is 2.18. The lowest BCUT2D eigenvalue weighted by molar-refractivity contribution is 0.0846. The summed E-state index contributed by atoms with van der Waals surface area (Å²) in [5.41, 5.74) is 4.72. The minimum atomic E-state index is -0.676. The monoisotopic (exact) mass is 343 g/mol. The average molecular weight is 345 g/mol. The van der Waals surface area contributed by atoms with Crippen molar-refractivity contribution >= 4 is 46.6 Å². The lowest BCUT2D eigenvalue weighted by Gasteiger charge is -2.10. The molecule has 21 heavy (non-hydrogen) atoms. The fourth-order valence-electron chi connectivity index (χ4n) is 1.48.